The number of hydrazine groups is 1. The van der Waals surface area contributed by atoms with Crippen LogP contribution in [0, 0.1) is 0 Å². The Hall–Kier alpha value is -2.09. The van der Waals surface area contributed by atoms with E-state index in [2.05, 4.69) is 10.1 Å². The van der Waals surface area contributed by atoms with Crippen LogP contribution in [0.25, 0.3) is 0 Å². The van der Waals surface area contributed by atoms with Gasteiger partial charge in [0.25, 0.3) is 10.0 Å². The minimum absolute atomic E-state index is 0.0831. The minimum atomic E-state index is -3.74. The van der Waals surface area contributed by atoms with Crippen molar-refractivity contribution in [2.45, 2.75) is 11.5 Å². The fourth-order valence-corrected chi connectivity index (χ4v) is 3.19. The average Bonchev–Trinajstić information content (AvgIpc) is 2.49. The normalized spacial score (nSPS) is 11.1. The second-order valence-electron chi connectivity index (χ2n) is 4.34. The van der Waals surface area contributed by atoms with Gasteiger partial charge in [-0.1, -0.05) is 30.3 Å². The van der Waals surface area contributed by atoms with Crippen molar-refractivity contribution in [3.63, 3.8) is 0 Å². The Morgan fingerprint density at radius 2 is 1.67 bits per heavy atom. The number of rotatable bonds is 6. The molecule has 6 nitrogen and oxygen atoms in total. The topological polar surface area (TPSA) is 93.4 Å². The Morgan fingerprint density at radius 3 is 2.33 bits per heavy atom. The third kappa shape index (κ3) is 3.52. The molecule has 0 unspecified atom stereocenters. The van der Waals surface area contributed by atoms with Crippen LogP contribution < -0.4 is 16.0 Å². The molecule has 0 aliphatic carbocycles. The molecule has 2 aromatic rings. The summed E-state index contributed by atoms with van der Waals surface area (Å²) in [5, 5.41) is 0. The molecule has 0 spiro atoms. The molecule has 112 valence electrons. The third-order valence-corrected chi connectivity index (χ3v) is 4.32. The smallest absolute Gasteiger partial charge is 0.264 e. The molecule has 2 rings (SSSR count). The molecule has 0 aliphatic rings. The standard InChI is InChI=1S/C14H17N3O3S/c1-20-10-11-6-2-3-7-12(11)17-21(18,19)14-9-5-4-8-13(14)16-15/h2-9,16-17H,10,15H2,1H3. The van der Waals surface area contributed by atoms with Crippen molar-refractivity contribution in [2.24, 2.45) is 5.84 Å². The molecule has 0 bridgehead atoms. The highest BCUT2D eigenvalue weighted by molar-refractivity contribution is 7.92. The van der Waals surface area contributed by atoms with Crippen LogP contribution in [0.15, 0.2) is 53.4 Å². The Bertz CT molecular complexity index is 717. The van der Waals surface area contributed by atoms with Crippen LogP contribution in [0.1, 0.15) is 5.56 Å². The Labute approximate surface area is 124 Å². The van der Waals surface area contributed by atoms with Gasteiger partial charge in [-0.3, -0.25) is 10.6 Å². The number of benzene rings is 2. The zero-order valence-electron chi connectivity index (χ0n) is 11.5. The monoisotopic (exact) mass is 307 g/mol. The molecular weight excluding hydrogens is 290 g/mol. The maximum Gasteiger partial charge on any atom is 0.264 e. The molecule has 0 aliphatic heterocycles. The predicted molar refractivity (Wildman–Crippen MR) is 82.2 cm³/mol. The Morgan fingerprint density at radius 1 is 1.05 bits per heavy atom. The molecule has 2 aromatic carbocycles. The van der Waals surface area contributed by atoms with Gasteiger partial charge >= 0.3 is 0 Å². The fraction of sp³-hybridized carbons (Fsp3) is 0.143. The van der Waals surface area contributed by atoms with Gasteiger partial charge in [-0.25, -0.2) is 8.42 Å². The average molecular weight is 307 g/mol. The maximum atomic E-state index is 12.5. The highest BCUT2D eigenvalue weighted by Gasteiger charge is 2.19. The van der Waals surface area contributed by atoms with Crippen LogP contribution in [0.5, 0.6) is 0 Å². The van der Waals surface area contributed by atoms with E-state index >= 15 is 0 Å². The van der Waals surface area contributed by atoms with Gasteiger partial charge in [0.15, 0.2) is 0 Å². The van der Waals surface area contributed by atoms with Crippen LogP contribution >= 0.6 is 0 Å². The summed E-state index contributed by atoms with van der Waals surface area (Å²) in [6.07, 6.45) is 0. The lowest BCUT2D eigenvalue weighted by Crippen LogP contribution is -2.18. The van der Waals surface area contributed by atoms with Gasteiger partial charge in [0.05, 0.1) is 18.0 Å². The molecule has 0 atom stereocenters. The summed E-state index contributed by atoms with van der Waals surface area (Å²) in [4.78, 5) is 0.0831. The molecule has 0 saturated carbocycles. The molecule has 0 radical (unpaired) electrons. The van der Waals surface area contributed by atoms with Crippen LogP contribution in [-0.4, -0.2) is 15.5 Å². The first-order valence-electron chi connectivity index (χ1n) is 6.24. The SMILES string of the molecule is COCc1ccccc1NS(=O)(=O)c1ccccc1NN. The molecule has 0 saturated heterocycles. The van der Waals surface area contributed by atoms with Crippen molar-refractivity contribution in [3.05, 3.63) is 54.1 Å². The Balaban J connectivity index is 2.38. The lowest BCUT2D eigenvalue weighted by Gasteiger charge is -2.14. The molecular formula is C14H17N3O3S. The van der Waals surface area contributed by atoms with E-state index in [1.54, 1.807) is 43.5 Å². The Kier molecular flexibility index (Phi) is 4.79. The number of hydrogen-bond donors (Lipinski definition) is 3. The second kappa shape index (κ2) is 6.57. The number of hydrogen-bond acceptors (Lipinski definition) is 5. The van der Waals surface area contributed by atoms with Crippen molar-refractivity contribution in [3.8, 4) is 0 Å². The van der Waals surface area contributed by atoms with Crippen molar-refractivity contribution < 1.29 is 13.2 Å². The largest absolute Gasteiger partial charge is 0.380 e. The van der Waals surface area contributed by atoms with Crippen molar-refractivity contribution in [1.29, 1.82) is 0 Å². The summed E-state index contributed by atoms with van der Waals surface area (Å²) in [6, 6.07) is 13.5. The van der Waals surface area contributed by atoms with E-state index in [1.165, 1.54) is 6.07 Å². The van der Waals surface area contributed by atoms with Gasteiger partial charge in [-0.15, -0.1) is 0 Å². The molecule has 0 heterocycles. The number of sulfonamides is 1. The van der Waals surface area contributed by atoms with Gasteiger partial charge < -0.3 is 10.2 Å². The minimum Gasteiger partial charge on any atom is -0.380 e. The number of nitrogen functional groups attached to an aromatic ring is 1. The van der Waals surface area contributed by atoms with Crippen LogP contribution in [0.3, 0.4) is 0 Å². The molecule has 0 fully saturated rings. The van der Waals surface area contributed by atoms with Gasteiger partial charge in [0.2, 0.25) is 0 Å². The van der Waals surface area contributed by atoms with E-state index in [9.17, 15) is 8.42 Å². The number of nitrogens with one attached hydrogen (secondary N) is 2. The maximum absolute atomic E-state index is 12.5. The van der Waals surface area contributed by atoms with Crippen LogP contribution in [0.2, 0.25) is 0 Å². The molecule has 4 N–H and O–H groups in total. The summed E-state index contributed by atoms with van der Waals surface area (Å²) >= 11 is 0. The zero-order valence-corrected chi connectivity index (χ0v) is 12.4. The summed E-state index contributed by atoms with van der Waals surface area (Å²) < 4.78 is 32.6. The number of anilines is 2. The van der Waals surface area contributed by atoms with Crippen molar-refractivity contribution in [1.82, 2.24) is 0 Å². The first-order valence-corrected chi connectivity index (χ1v) is 7.72. The summed E-state index contributed by atoms with van der Waals surface area (Å²) in [5.41, 5.74) is 3.94. The quantitative estimate of drug-likeness (QED) is 0.560. The van der Waals surface area contributed by atoms with Gasteiger partial charge in [0, 0.05) is 12.7 Å². The van der Waals surface area contributed by atoms with E-state index in [0.717, 1.165) is 5.56 Å². The lowest BCUT2D eigenvalue weighted by molar-refractivity contribution is 0.185. The second-order valence-corrected chi connectivity index (χ2v) is 5.99. The third-order valence-electron chi connectivity index (χ3n) is 2.89. The molecule has 7 heteroatoms. The van der Waals surface area contributed by atoms with E-state index in [0.29, 0.717) is 18.0 Å². The van der Waals surface area contributed by atoms with Crippen LogP contribution in [-0.2, 0) is 21.4 Å². The first kappa shape index (κ1) is 15.3. The van der Waals surface area contributed by atoms with Gasteiger partial charge in [0.1, 0.15) is 4.90 Å². The fourth-order valence-electron chi connectivity index (χ4n) is 1.92. The summed E-state index contributed by atoms with van der Waals surface area (Å²) in [6.45, 7) is 0.315. The van der Waals surface area contributed by atoms with Crippen molar-refractivity contribution in [2.75, 3.05) is 17.3 Å². The van der Waals surface area contributed by atoms with Gasteiger partial charge in [-0.05, 0) is 18.2 Å². The van der Waals surface area contributed by atoms with E-state index in [-0.39, 0.29) is 4.90 Å². The van der Waals surface area contributed by atoms with Crippen molar-refractivity contribution >= 4 is 21.4 Å². The zero-order chi connectivity index (χ0) is 15.3. The number of ether oxygens (including phenoxy) is 1. The van der Waals surface area contributed by atoms with Crippen LogP contribution in [0.4, 0.5) is 11.4 Å². The van der Waals surface area contributed by atoms with E-state index in [4.69, 9.17) is 10.6 Å². The molecule has 21 heavy (non-hydrogen) atoms. The van der Waals surface area contributed by atoms with Gasteiger partial charge in [-0.2, -0.15) is 0 Å². The highest BCUT2D eigenvalue weighted by atomic mass is 32.2. The number of nitrogens with two attached hydrogens (primary N) is 1. The number of para-hydroxylation sites is 2. The number of methoxy groups -OCH3 is 1. The van der Waals surface area contributed by atoms with E-state index in [1.807, 2.05) is 6.07 Å². The molecule has 0 amide bonds. The predicted octanol–water partition coefficient (Wildman–Crippen LogP) is 1.92. The summed E-state index contributed by atoms with van der Waals surface area (Å²) in [5.74, 6) is 5.36. The summed E-state index contributed by atoms with van der Waals surface area (Å²) in [7, 11) is -2.19. The first-order chi connectivity index (χ1) is 10.1. The molecule has 0 aromatic heterocycles. The van der Waals surface area contributed by atoms with E-state index < -0.39 is 10.0 Å². The lowest BCUT2D eigenvalue weighted by atomic mass is 10.2. The highest BCUT2D eigenvalue weighted by Crippen LogP contribution is 2.24.